The molecule has 1 fully saturated rings. The average Bonchev–Trinajstić information content (AvgIpc) is 2.34. The zero-order chi connectivity index (χ0) is 15.4. The van der Waals surface area contributed by atoms with Gasteiger partial charge in [-0.2, -0.15) is 0 Å². The Balaban J connectivity index is 2.51. The SMILES string of the molecule is CC(C)(C)OC(=O)N1CCC(C(C)(O)CN=[N+]=[N-])CC1. The van der Waals surface area contributed by atoms with Gasteiger partial charge < -0.3 is 14.7 Å². The fourth-order valence-corrected chi connectivity index (χ4v) is 2.31. The van der Waals surface area contributed by atoms with E-state index in [2.05, 4.69) is 10.0 Å². The second-order valence-corrected chi connectivity index (χ2v) is 6.49. The van der Waals surface area contributed by atoms with Crippen molar-refractivity contribution >= 4 is 6.09 Å². The van der Waals surface area contributed by atoms with Crippen LogP contribution >= 0.6 is 0 Å². The standard InChI is InChI=1S/C13H24N4O3/c1-12(2,3)20-11(18)17-7-5-10(6-8-17)13(4,19)9-15-16-14/h10,19H,5-9H2,1-4H3. The molecular formula is C13H24N4O3. The van der Waals surface area contributed by atoms with E-state index in [1.54, 1.807) is 11.8 Å². The van der Waals surface area contributed by atoms with Gasteiger partial charge in [-0.25, -0.2) is 4.79 Å². The summed E-state index contributed by atoms with van der Waals surface area (Å²) < 4.78 is 5.32. The summed E-state index contributed by atoms with van der Waals surface area (Å²) in [4.78, 5) is 16.3. The minimum atomic E-state index is -1.02. The molecule has 1 rings (SSSR count). The summed E-state index contributed by atoms with van der Waals surface area (Å²) in [5.41, 5.74) is 6.81. The number of hydrogen-bond acceptors (Lipinski definition) is 4. The number of hydrogen-bond donors (Lipinski definition) is 1. The maximum absolute atomic E-state index is 11.9. The lowest BCUT2D eigenvalue weighted by Gasteiger charge is -2.39. The maximum atomic E-state index is 11.9. The van der Waals surface area contributed by atoms with E-state index < -0.39 is 11.2 Å². The third-order valence-corrected chi connectivity index (χ3v) is 3.48. The fraction of sp³-hybridized carbons (Fsp3) is 0.923. The number of nitrogens with zero attached hydrogens (tertiary/aromatic N) is 4. The zero-order valence-electron chi connectivity index (χ0n) is 12.7. The third kappa shape index (κ3) is 4.90. The van der Waals surface area contributed by atoms with Crippen LogP contribution in [0.2, 0.25) is 0 Å². The third-order valence-electron chi connectivity index (χ3n) is 3.48. The van der Waals surface area contributed by atoms with E-state index in [1.807, 2.05) is 20.8 Å². The van der Waals surface area contributed by atoms with E-state index in [4.69, 9.17) is 10.3 Å². The van der Waals surface area contributed by atoms with Crippen LogP contribution in [0.5, 0.6) is 0 Å². The fourth-order valence-electron chi connectivity index (χ4n) is 2.31. The van der Waals surface area contributed by atoms with Crippen LogP contribution in [0.4, 0.5) is 4.79 Å². The highest BCUT2D eigenvalue weighted by molar-refractivity contribution is 5.68. The Kier molecular flexibility index (Phi) is 5.25. The molecule has 114 valence electrons. The Bertz CT molecular complexity index is 389. The molecule has 1 heterocycles. The van der Waals surface area contributed by atoms with Gasteiger partial charge in [0.1, 0.15) is 5.60 Å². The summed E-state index contributed by atoms with van der Waals surface area (Å²) in [6.07, 6.45) is 1.03. The molecule has 20 heavy (non-hydrogen) atoms. The molecule has 0 aromatic rings. The molecule has 7 nitrogen and oxygen atoms in total. The van der Waals surface area contributed by atoms with Crippen molar-refractivity contribution in [3.63, 3.8) is 0 Å². The van der Waals surface area contributed by atoms with E-state index in [0.717, 1.165) is 0 Å². The lowest BCUT2D eigenvalue weighted by molar-refractivity contribution is -0.0282. The molecule has 1 N–H and O–H groups in total. The Morgan fingerprint density at radius 3 is 2.40 bits per heavy atom. The molecule has 0 aromatic carbocycles. The number of amides is 1. The van der Waals surface area contributed by atoms with Gasteiger partial charge in [0.25, 0.3) is 0 Å². The Hall–Kier alpha value is -1.46. The lowest BCUT2D eigenvalue weighted by atomic mass is 9.82. The molecule has 7 heteroatoms. The molecule has 0 aromatic heterocycles. The van der Waals surface area contributed by atoms with Gasteiger partial charge in [-0.1, -0.05) is 5.11 Å². The predicted octanol–water partition coefficient (Wildman–Crippen LogP) is 2.69. The number of rotatable bonds is 3. The van der Waals surface area contributed by atoms with Crippen LogP contribution in [0.25, 0.3) is 10.4 Å². The molecule has 1 saturated heterocycles. The quantitative estimate of drug-likeness (QED) is 0.490. The van der Waals surface area contributed by atoms with Crippen molar-refractivity contribution in [2.75, 3.05) is 19.6 Å². The molecule has 0 saturated carbocycles. The van der Waals surface area contributed by atoms with Crippen LogP contribution < -0.4 is 0 Å². The van der Waals surface area contributed by atoms with Gasteiger partial charge in [0, 0.05) is 18.0 Å². The summed E-state index contributed by atoms with van der Waals surface area (Å²) in [6, 6.07) is 0. The highest BCUT2D eigenvalue weighted by Crippen LogP contribution is 2.29. The first-order valence-corrected chi connectivity index (χ1v) is 6.87. The van der Waals surface area contributed by atoms with Gasteiger partial charge in [-0.15, -0.1) is 0 Å². The smallest absolute Gasteiger partial charge is 0.410 e. The molecule has 1 unspecified atom stereocenters. The minimum Gasteiger partial charge on any atom is -0.444 e. The largest absolute Gasteiger partial charge is 0.444 e. The summed E-state index contributed by atoms with van der Waals surface area (Å²) in [6.45, 7) is 8.33. The van der Waals surface area contributed by atoms with E-state index >= 15 is 0 Å². The van der Waals surface area contributed by atoms with Crippen molar-refractivity contribution in [3.05, 3.63) is 10.4 Å². The number of piperidine rings is 1. The Morgan fingerprint density at radius 2 is 1.95 bits per heavy atom. The van der Waals surface area contributed by atoms with Crippen molar-refractivity contribution in [2.24, 2.45) is 11.0 Å². The predicted molar refractivity (Wildman–Crippen MR) is 75.2 cm³/mol. The lowest BCUT2D eigenvalue weighted by Crippen LogP contribution is -2.47. The van der Waals surface area contributed by atoms with Crippen molar-refractivity contribution < 1.29 is 14.6 Å². The molecule has 0 radical (unpaired) electrons. The van der Waals surface area contributed by atoms with Crippen LogP contribution in [0.1, 0.15) is 40.5 Å². The van der Waals surface area contributed by atoms with Crippen LogP contribution in [0.15, 0.2) is 5.11 Å². The van der Waals surface area contributed by atoms with Crippen molar-refractivity contribution in [2.45, 2.75) is 51.7 Å². The molecule has 1 aliphatic heterocycles. The highest BCUT2D eigenvalue weighted by Gasteiger charge is 2.35. The summed E-state index contributed by atoms with van der Waals surface area (Å²) in [5, 5.41) is 13.7. The summed E-state index contributed by atoms with van der Waals surface area (Å²) in [7, 11) is 0. The number of likely N-dealkylation sites (tertiary alicyclic amines) is 1. The molecule has 0 spiro atoms. The van der Waals surface area contributed by atoms with Crippen molar-refractivity contribution in [1.82, 2.24) is 4.90 Å². The number of carbonyl (C=O) groups is 1. The first-order chi connectivity index (χ1) is 9.15. The van der Waals surface area contributed by atoms with Crippen molar-refractivity contribution in [3.8, 4) is 0 Å². The first-order valence-electron chi connectivity index (χ1n) is 6.87. The zero-order valence-corrected chi connectivity index (χ0v) is 12.7. The van der Waals surface area contributed by atoms with Crippen molar-refractivity contribution in [1.29, 1.82) is 0 Å². The first kappa shape index (κ1) is 16.6. The average molecular weight is 284 g/mol. The number of azide groups is 1. The topological polar surface area (TPSA) is 98.5 Å². The van der Waals surface area contributed by atoms with E-state index in [9.17, 15) is 9.90 Å². The number of ether oxygens (including phenoxy) is 1. The minimum absolute atomic E-state index is 0.0201. The number of aliphatic hydroxyl groups is 1. The monoisotopic (exact) mass is 284 g/mol. The van der Waals surface area contributed by atoms with Crippen LogP contribution in [-0.4, -0.2) is 46.9 Å². The number of carbonyl (C=O) groups excluding carboxylic acids is 1. The highest BCUT2D eigenvalue weighted by atomic mass is 16.6. The van der Waals surface area contributed by atoms with Gasteiger partial charge in [0.05, 0.1) is 12.1 Å². The molecule has 1 amide bonds. The van der Waals surface area contributed by atoms with Gasteiger partial charge >= 0.3 is 6.09 Å². The van der Waals surface area contributed by atoms with Gasteiger partial charge in [0.15, 0.2) is 0 Å². The van der Waals surface area contributed by atoms with E-state index in [-0.39, 0.29) is 18.6 Å². The van der Waals surface area contributed by atoms with Gasteiger partial charge in [0.2, 0.25) is 0 Å². The summed E-state index contributed by atoms with van der Waals surface area (Å²) >= 11 is 0. The molecule has 1 aliphatic rings. The van der Waals surface area contributed by atoms with E-state index in [0.29, 0.717) is 25.9 Å². The van der Waals surface area contributed by atoms with Crippen LogP contribution in [0.3, 0.4) is 0 Å². The molecule has 0 aliphatic carbocycles. The second-order valence-electron chi connectivity index (χ2n) is 6.49. The maximum Gasteiger partial charge on any atom is 0.410 e. The molecular weight excluding hydrogens is 260 g/mol. The van der Waals surface area contributed by atoms with Crippen LogP contribution in [-0.2, 0) is 4.74 Å². The molecule has 1 atom stereocenters. The van der Waals surface area contributed by atoms with Crippen LogP contribution in [0, 0.1) is 5.92 Å². The van der Waals surface area contributed by atoms with Gasteiger partial charge in [-0.05, 0) is 52.0 Å². The normalized spacial score (nSPS) is 19.9. The Labute approximate surface area is 119 Å². The van der Waals surface area contributed by atoms with E-state index in [1.165, 1.54) is 0 Å². The van der Waals surface area contributed by atoms with Gasteiger partial charge in [-0.3, -0.25) is 0 Å². The molecule has 0 bridgehead atoms. The summed E-state index contributed by atoms with van der Waals surface area (Å²) in [5.74, 6) is 0.0201. The Morgan fingerprint density at radius 1 is 1.40 bits per heavy atom. The second kappa shape index (κ2) is 6.33.